The van der Waals surface area contributed by atoms with E-state index in [4.69, 9.17) is 0 Å². The van der Waals surface area contributed by atoms with Crippen LogP contribution in [-0.4, -0.2) is 29.9 Å². The fourth-order valence-electron chi connectivity index (χ4n) is 3.17. The molecule has 0 saturated heterocycles. The predicted octanol–water partition coefficient (Wildman–Crippen LogP) is 1.63. The van der Waals surface area contributed by atoms with Crippen molar-refractivity contribution < 1.29 is 0 Å². The van der Waals surface area contributed by atoms with Gasteiger partial charge in [0.2, 0.25) is 5.95 Å². The van der Waals surface area contributed by atoms with Gasteiger partial charge in [0, 0.05) is 20.3 Å². The number of imidazole rings is 1. The van der Waals surface area contributed by atoms with Crippen LogP contribution in [0.15, 0.2) is 63.4 Å². The van der Waals surface area contributed by atoms with Gasteiger partial charge in [-0.1, -0.05) is 35.9 Å². The zero-order valence-electron chi connectivity index (χ0n) is 16.9. The number of aromatic nitrogens is 5. The first-order valence-electron chi connectivity index (χ1n) is 9.37. The van der Waals surface area contributed by atoms with Gasteiger partial charge in [-0.15, -0.1) is 0 Å². The molecule has 0 radical (unpaired) electrons. The molecule has 0 unspecified atom stereocenters. The SMILES string of the molecule is Cc1ccc(Cn2c(=O)c3c(nc(N/N=C\c4ccccn4)n3C)n(C)c2=O)cc1. The molecule has 0 aliphatic carbocycles. The number of nitrogens with zero attached hydrogens (tertiary/aromatic N) is 6. The van der Waals surface area contributed by atoms with Crippen LogP contribution in [0.4, 0.5) is 5.95 Å². The Hall–Kier alpha value is -4.01. The molecule has 30 heavy (non-hydrogen) atoms. The maximum atomic E-state index is 13.1. The predicted molar refractivity (Wildman–Crippen MR) is 116 cm³/mol. The summed E-state index contributed by atoms with van der Waals surface area (Å²) in [5.74, 6) is 0.345. The zero-order chi connectivity index (χ0) is 21.3. The highest BCUT2D eigenvalue weighted by Gasteiger charge is 2.18. The minimum atomic E-state index is -0.422. The van der Waals surface area contributed by atoms with E-state index in [0.717, 1.165) is 11.1 Å². The lowest BCUT2D eigenvalue weighted by Crippen LogP contribution is -2.39. The third-order valence-corrected chi connectivity index (χ3v) is 4.87. The Morgan fingerprint density at radius 1 is 1.07 bits per heavy atom. The number of rotatable bonds is 5. The second-order valence-corrected chi connectivity index (χ2v) is 7.01. The number of benzene rings is 1. The number of aryl methyl sites for hydroxylation is 3. The van der Waals surface area contributed by atoms with Crippen LogP contribution >= 0.6 is 0 Å². The van der Waals surface area contributed by atoms with Crippen LogP contribution in [0.1, 0.15) is 16.8 Å². The van der Waals surface area contributed by atoms with Crippen molar-refractivity contribution in [2.45, 2.75) is 13.5 Å². The Labute approximate surface area is 172 Å². The number of anilines is 1. The standard InChI is InChI=1S/C21H21N7O2/c1-14-7-9-15(10-8-14)13-28-19(29)17-18(27(3)21(28)30)24-20(26(17)2)25-23-12-16-6-4-5-11-22-16/h4-12H,13H2,1-3H3,(H,24,25)/b23-12-. The Bertz CT molecular complexity index is 1350. The van der Waals surface area contributed by atoms with Crippen LogP contribution in [-0.2, 0) is 20.6 Å². The molecule has 0 saturated carbocycles. The summed E-state index contributed by atoms with van der Waals surface area (Å²) in [5.41, 5.74) is 5.28. The number of fused-ring (bicyclic) bond motifs is 1. The van der Waals surface area contributed by atoms with Crippen molar-refractivity contribution in [3.8, 4) is 0 Å². The van der Waals surface area contributed by atoms with Gasteiger partial charge >= 0.3 is 5.69 Å². The molecule has 4 rings (SSSR count). The van der Waals surface area contributed by atoms with E-state index < -0.39 is 11.2 Å². The first-order chi connectivity index (χ1) is 14.5. The van der Waals surface area contributed by atoms with Gasteiger partial charge in [-0.3, -0.25) is 18.9 Å². The number of hydrazone groups is 1. The zero-order valence-corrected chi connectivity index (χ0v) is 16.9. The van der Waals surface area contributed by atoms with Gasteiger partial charge in [-0.25, -0.2) is 10.2 Å². The van der Waals surface area contributed by atoms with E-state index in [1.807, 2.05) is 49.4 Å². The monoisotopic (exact) mass is 403 g/mol. The quantitative estimate of drug-likeness (QED) is 0.403. The van der Waals surface area contributed by atoms with Crippen molar-refractivity contribution in [3.05, 3.63) is 86.3 Å². The van der Waals surface area contributed by atoms with Crippen LogP contribution in [0.25, 0.3) is 11.2 Å². The van der Waals surface area contributed by atoms with E-state index in [1.54, 1.807) is 31.1 Å². The number of nitrogens with one attached hydrogen (secondary N) is 1. The number of pyridine rings is 1. The Kier molecular flexibility index (Phi) is 5.01. The molecule has 0 atom stereocenters. The first-order valence-corrected chi connectivity index (χ1v) is 9.37. The van der Waals surface area contributed by atoms with Gasteiger partial charge in [-0.05, 0) is 24.6 Å². The summed E-state index contributed by atoms with van der Waals surface area (Å²) in [5, 5.41) is 4.13. The van der Waals surface area contributed by atoms with Crippen molar-refractivity contribution >= 4 is 23.3 Å². The van der Waals surface area contributed by atoms with Crippen LogP contribution in [0.3, 0.4) is 0 Å². The maximum Gasteiger partial charge on any atom is 0.332 e. The second-order valence-electron chi connectivity index (χ2n) is 7.01. The highest BCUT2D eigenvalue weighted by molar-refractivity contribution is 5.78. The highest BCUT2D eigenvalue weighted by atomic mass is 16.2. The first kappa shape index (κ1) is 19.3. The normalized spacial score (nSPS) is 11.4. The molecule has 0 aliphatic heterocycles. The van der Waals surface area contributed by atoms with Crippen molar-refractivity contribution in [2.75, 3.05) is 5.43 Å². The van der Waals surface area contributed by atoms with Gasteiger partial charge in [-0.2, -0.15) is 10.1 Å². The fraction of sp³-hybridized carbons (Fsp3) is 0.190. The van der Waals surface area contributed by atoms with Gasteiger partial charge in [0.05, 0.1) is 18.5 Å². The van der Waals surface area contributed by atoms with Crippen molar-refractivity contribution in [1.82, 2.24) is 23.7 Å². The smallest absolute Gasteiger partial charge is 0.306 e. The molecule has 1 aromatic carbocycles. The van der Waals surface area contributed by atoms with Gasteiger partial charge in [0.15, 0.2) is 11.2 Å². The van der Waals surface area contributed by atoms with Crippen LogP contribution in [0, 0.1) is 6.92 Å². The Balaban J connectivity index is 1.73. The summed E-state index contributed by atoms with van der Waals surface area (Å²) in [7, 11) is 3.31. The molecule has 9 nitrogen and oxygen atoms in total. The molecule has 0 spiro atoms. The molecular formula is C21H21N7O2. The van der Waals surface area contributed by atoms with Crippen LogP contribution in [0.2, 0.25) is 0 Å². The Morgan fingerprint density at radius 3 is 2.53 bits per heavy atom. The maximum absolute atomic E-state index is 13.1. The summed E-state index contributed by atoms with van der Waals surface area (Å²) in [6.45, 7) is 2.18. The lowest BCUT2D eigenvalue weighted by atomic mass is 10.1. The molecule has 1 N–H and O–H groups in total. The summed E-state index contributed by atoms with van der Waals surface area (Å²) in [4.78, 5) is 34.5. The third-order valence-electron chi connectivity index (χ3n) is 4.87. The van der Waals surface area contributed by atoms with Gasteiger partial charge in [0.1, 0.15) is 0 Å². The van der Waals surface area contributed by atoms with Crippen molar-refractivity contribution in [2.24, 2.45) is 19.2 Å². The molecule has 9 heteroatoms. The highest BCUT2D eigenvalue weighted by Crippen LogP contribution is 2.13. The van der Waals surface area contributed by atoms with E-state index >= 15 is 0 Å². The lowest BCUT2D eigenvalue weighted by Gasteiger charge is -2.09. The largest absolute Gasteiger partial charge is 0.332 e. The molecule has 3 heterocycles. The molecule has 0 aliphatic rings. The summed E-state index contributed by atoms with van der Waals surface area (Å²) >= 11 is 0. The molecular weight excluding hydrogens is 382 g/mol. The number of hydrogen-bond acceptors (Lipinski definition) is 6. The fourth-order valence-corrected chi connectivity index (χ4v) is 3.17. The summed E-state index contributed by atoms with van der Waals surface area (Å²) < 4.78 is 4.19. The minimum absolute atomic E-state index is 0.188. The number of hydrogen-bond donors (Lipinski definition) is 1. The van der Waals surface area contributed by atoms with E-state index in [2.05, 4.69) is 20.5 Å². The molecule has 0 bridgehead atoms. The minimum Gasteiger partial charge on any atom is -0.306 e. The van der Waals surface area contributed by atoms with Gasteiger partial charge < -0.3 is 4.57 Å². The summed E-state index contributed by atoms with van der Waals surface area (Å²) in [6, 6.07) is 13.2. The molecule has 152 valence electrons. The van der Waals surface area contributed by atoms with Crippen molar-refractivity contribution in [1.29, 1.82) is 0 Å². The van der Waals surface area contributed by atoms with E-state index in [1.165, 1.54) is 9.13 Å². The lowest BCUT2D eigenvalue weighted by molar-refractivity contribution is 0.655. The Morgan fingerprint density at radius 2 is 1.83 bits per heavy atom. The second kappa shape index (κ2) is 7.78. The van der Waals surface area contributed by atoms with Crippen molar-refractivity contribution in [3.63, 3.8) is 0 Å². The molecule has 3 aromatic heterocycles. The van der Waals surface area contributed by atoms with E-state index in [0.29, 0.717) is 22.8 Å². The topological polar surface area (TPSA) is 99.1 Å². The third kappa shape index (κ3) is 3.52. The molecule has 0 fully saturated rings. The molecule has 4 aromatic rings. The van der Waals surface area contributed by atoms with E-state index in [9.17, 15) is 9.59 Å². The average molecular weight is 403 g/mol. The van der Waals surface area contributed by atoms with E-state index in [-0.39, 0.29) is 6.54 Å². The van der Waals surface area contributed by atoms with Gasteiger partial charge in [0.25, 0.3) is 5.56 Å². The average Bonchev–Trinajstić information content (AvgIpc) is 3.08. The molecule has 0 amide bonds. The van der Waals surface area contributed by atoms with Crippen LogP contribution < -0.4 is 16.7 Å². The van der Waals surface area contributed by atoms with Crippen LogP contribution in [0.5, 0.6) is 0 Å². The summed E-state index contributed by atoms with van der Waals surface area (Å²) in [6.07, 6.45) is 3.22.